The maximum absolute atomic E-state index is 13.1. The van der Waals surface area contributed by atoms with Crippen LogP contribution in [0.15, 0.2) is 12.4 Å². The monoisotopic (exact) mass is 373 g/mol. The highest BCUT2D eigenvalue weighted by molar-refractivity contribution is 5.77. The second kappa shape index (κ2) is 6.71. The first-order valence-corrected chi connectivity index (χ1v) is 10.5. The molecule has 0 aromatic carbocycles. The molecular weight excluding hydrogens is 345 g/mol. The van der Waals surface area contributed by atoms with E-state index in [9.17, 15) is 9.18 Å². The molecule has 27 heavy (non-hydrogen) atoms. The predicted octanol–water partition coefficient (Wildman–Crippen LogP) is 3.59. The van der Waals surface area contributed by atoms with Gasteiger partial charge >= 0.3 is 6.01 Å². The molecule has 1 aliphatic heterocycles. The number of likely N-dealkylation sites (tertiary alicyclic amines) is 1. The molecule has 4 aliphatic carbocycles. The van der Waals surface area contributed by atoms with Crippen LogP contribution in [0, 0.1) is 29.0 Å². The van der Waals surface area contributed by atoms with Crippen LogP contribution in [-0.2, 0) is 4.79 Å². The number of hydrogen-bond acceptors (Lipinski definition) is 4. The third-order valence-corrected chi connectivity index (χ3v) is 7.29. The molecule has 0 N–H and O–H groups in total. The number of carbonyl (C=O) groups excluding carboxylic acids is 1. The van der Waals surface area contributed by atoms with Crippen LogP contribution >= 0.6 is 0 Å². The van der Waals surface area contributed by atoms with Gasteiger partial charge in [0.15, 0.2) is 5.82 Å². The minimum Gasteiger partial charge on any atom is -0.458 e. The summed E-state index contributed by atoms with van der Waals surface area (Å²) >= 11 is 0. The molecule has 6 heteroatoms. The molecule has 0 radical (unpaired) electrons. The Morgan fingerprint density at radius 1 is 1.15 bits per heavy atom. The van der Waals surface area contributed by atoms with Gasteiger partial charge in [-0.25, -0.2) is 14.4 Å². The van der Waals surface area contributed by atoms with E-state index in [-0.39, 0.29) is 17.5 Å². The van der Waals surface area contributed by atoms with E-state index in [4.69, 9.17) is 4.74 Å². The van der Waals surface area contributed by atoms with Gasteiger partial charge in [0.25, 0.3) is 0 Å². The van der Waals surface area contributed by atoms with E-state index < -0.39 is 5.82 Å². The number of rotatable bonds is 4. The van der Waals surface area contributed by atoms with Gasteiger partial charge < -0.3 is 9.64 Å². The van der Waals surface area contributed by atoms with Crippen LogP contribution in [0.5, 0.6) is 6.01 Å². The lowest BCUT2D eigenvalue weighted by Gasteiger charge is -2.57. The number of hydrogen-bond donors (Lipinski definition) is 0. The molecule has 1 unspecified atom stereocenters. The summed E-state index contributed by atoms with van der Waals surface area (Å²) in [5, 5.41) is 0. The lowest BCUT2D eigenvalue weighted by Crippen LogP contribution is -2.50. The van der Waals surface area contributed by atoms with E-state index in [0.717, 1.165) is 56.0 Å². The minimum absolute atomic E-state index is 0.107. The van der Waals surface area contributed by atoms with Gasteiger partial charge in [-0.3, -0.25) is 4.79 Å². The highest BCUT2D eigenvalue weighted by atomic mass is 19.1. The smallest absolute Gasteiger partial charge is 0.316 e. The molecule has 146 valence electrons. The molecule has 0 spiro atoms. The Hall–Kier alpha value is -1.72. The van der Waals surface area contributed by atoms with Crippen LogP contribution in [0.25, 0.3) is 0 Å². The number of carbonyl (C=O) groups is 1. The number of nitrogens with zero attached hydrogens (tertiary/aromatic N) is 3. The summed E-state index contributed by atoms with van der Waals surface area (Å²) in [6.45, 7) is 1.40. The topological polar surface area (TPSA) is 55.3 Å². The molecule has 2 heterocycles. The minimum atomic E-state index is -0.474. The second-order valence-corrected chi connectivity index (χ2v) is 9.50. The maximum Gasteiger partial charge on any atom is 0.316 e. The zero-order valence-corrected chi connectivity index (χ0v) is 15.8. The van der Waals surface area contributed by atoms with Gasteiger partial charge in [0, 0.05) is 13.0 Å². The van der Waals surface area contributed by atoms with Crippen molar-refractivity contribution in [3.8, 4) is 6.01 Å². The van der Waals surface area contributed by atoms with Crippen molar-refractivity contribution in [2.75, 3.05) is 13.1 Å². The first-order valence-electron chi connectivity index (χ1n) is 10.5. The molecule has 1 saturated heterocycles. The van der Waals surface area contributed by atoms with Crippen molar-refractivity contribution in [2.45, 2.75) is 63.9 Å². The average Bonchev–Trinajstić information content (AvgIpc) is 2.62. The van der Waals surface area contributed by atoms with Crippen LogP contribution in [0.4, 0.5) is 4.39 Å². The van der Waals surface area contributed by atoms with Crippen molar-refractivity contribution >= 4 is 5.91 Å². The summed E-state index contributed by atoms with van der Waals surface area (Å²) in [7, 11) is 0. The summed E-state index contributed by atoms with van der Waals surface area (Å²) in [6.07, 6.45) is 12.7. The van der Waals surface area contributed by atoms with E-state index in [2.05, 4.69) is 9.97 Å². The van der Waals surface area contributed by atoms with E-state index in [1.165, 1.54) is 38.5 Å². The second-order valence-electron chi connectivity index (χ2n) is 9.50. The van der Waals surface area contributed by atoms with E-state index in [0.29, 0.717) is 12.5 Å². The largest absolute Gasteiger partial charge is 0.458 e. The standard InChI is InChI=1S/C21H28FN3O2/c22-17-11-23-20(24-12-17)27-18-2-1-3-25(13-18)19(26)10-21-7-14-4-15(8-21)6-16(5-14)9-21/h11-12,14-16,18H,1-10,13H2. The van der Waals surface area contributed by atoms with Gasteiger partial charge in [0.2, 0.25) is 5.91 Å². The number of piperidine rings is 1. The van der Waals surface area contributed by atoms with Crippen LogP contribution in [0.3, 0.4) is 0 Å². The summed E-state index contributed by atoms with van der Waals surface area (Å²) in [5.41, 5.74) is 0.277. The normalized spacial score (nSPS) is 37.4. The highest BCUT2D eigenvalue weighted by Gasteiger charge is 2.51. The summed E-state index contributed by atoms with van der Waals surface area (Å²) < 4.78 is 18.8. The van der Waals surface area contributed by atoms with Gasteiger partial charge in [-0.15, -0.1) is 0 Å². The van der Waals surface area contributed by atoms with E-state index in [1.54, 1.807) is 0 Å². The molecule has 1 amide bonds. The molecule has 1 aromatic rings. The SMILES string of the molecule is O=C(CC12CC3CC(CC(C3)C1)C2)N1CCCC(Oc2ncc(F)cn2)C1. The Morgan fingerprint density at radius 3 is 2.41 bits per heavy atom. The fourth-order valence-electron chi connectivity index (χ4n) is 6.71. The van der Waals surface area contributed by atoms with Crippen LogP contribution in [0.1, 0.15) is 57.8 Å². The molecule has 4 bridgehead atoms. The van der Waals surface area contributed by atoms with Crippen molar-refractivity contribution in [2.24, 2.45) is 23.2 Å². The Kier molecular flexibility index (Phi) is 4.32. The Labute approximate surface area is 159 Å². The van der Waals surface area contributed by atoms with Crippen molar-refractivity contribution in [3.05, 3.63) is 18.2 Å². The molecule has 6 rings (SSSR count). The first kappa shape index (κ1) is 17.4. The summed E-state index contributed by atoms with van der Waals surface area (Å²) in [5.74, 6) is 2.44. The molecule has 5 aliphatic rings. The van der Waals surface area contributed by atoms with E-state index >= 15 is 0 Å². The van der Waals surface area contributed by atoms with Crippen molar-refractivity contribution < 1.29 is 13.9 Å². The lowest BCUT2D eigenvalue weighted by atomic mass is 9.49. The fraction of sp³-hybridized carbons (Fsp3) is 0.762. The van der Waals surface area contributed by atoms with Crippen molar-refractivity contribution in [3.63, 3.8) is 0 Å². The van der Waals surface area contributed by atoms with Gasteiger partial charge in [-0.1, -0.05) is 0 Å². The van der Waals surface area contributed by atoms with Gasteiger partial charge in [0.1, 0.15) is 6.10 Å². The number of amides is 1. The quantitative estimate of drug-likeness (QED) is 0.809. The van der Waals surface area contributed by atoms with Crippen LogP contribution < -0.4 is 4.74 Å². The summed E-state index contributed by atoms with van der Waals surface area (Å²) in [4.78, 5) is 22.9. The summed E-state index contributed by atoms with van der Waals surface area (Å²) in [6, 6.07) is 0.191. The van der Waals surface area contributed by atoms with Crippen LogP contribution in [-0.4, -0.2) is 40.0 Å². The van der Waals surface area contributed by atoms with Crippen LogP contribution in [0.2, 0.25) is 0 Å². The first-order chi connectivity index (χ1) is 13.1. The molecule has 1 atom stereocenters. The molecule has 5 nitrogen and oxygen atoms in total. The average molecular weight is 373 g/mol. The Bertz CT molecular complexity index is 673. The number of aromatic nitrogens is 2. The maximum atomic E-state index is 13.1. The van der Waals surface area contributed by atoms with Gasteiger partial charge in [-0.2, -0.15) is 0 Å². The van der Waals surface area contributed by atoms with Gasteiger partial charge in [-0.05, 0) is 74.5 Å². The number of halogens is 1. The van der Waals surface area contributed by atoms with Crippen molar-refractivity contribution in [1.82, 2.24) is 14.9 Å². The molecule has 1 aromatic heterocycles. The Balaban J connectivity index is 1.21. The van der Waals surface area contributed by atoms with Gasteiger partial charge in [0.05, 0.1) is 18.9 Å². The highest BCUT2D eigenvalue weighted by Crippen LogP contribution is 2.61. The molecule has 5 fully saturated rings. The number of ether oxygens (including phenoxy) is 1. The molecular formula is C21H28FN3O2. The molecule has 4 saturated carbocycles. The van der Waals surface area contributed by atoms with E-state index in [1.807, 2.05) is 4.90 Å². The van der Waals surface area contributed by atoms with Crippen molar-refractivity contribution in [1.29, 1.82) is 0 Å². The predicted molar refractivity (Wildman–Crippen MR) is 97.4 cm³/mol. The zero-order valence-electron chi connectivity index (χ0n) is 15.8. The third kappa shape index (κ3) is 3.55. The third-order valence-electron chi connectivity index (χ3n) is 7.29. The zero-order chi connectivity index (χ0) is 18.4. The Morgan fingerprint density at radius 2 is 1.78 bits per heavy atom. The fourth-order valence-corrected chi connectivity index (χ4v) is 6.71. The lowest BCUT2D eigenvalue weighted by molar-refractivity contribution is -0.142.